The second-order valence-corrected chi connectivity index (χ2v) is 2.95. The molecule has 0 bridgehead atoms. The number of carboxylic acids is 1. The van der Waals surface area contributed by atoms with Crippen LogP contribution in [0.25, 0.3) is 0 Å². The summed E-state index contributed by atoms with van der Waals surface area (Å²) in [5, 5.41) is 7.99. The maximum atomic E-state index is 13.4. The van der Waals surface area contributed by atoms with Crippen LogP contribution in [0.2, 0.25) is 0 Å². The third-order valence-electron chi connectivity index (χ3n) is 1.78. The summed E-state index contributed by atoms with van der Waals surface area (Å²) in [4.78, 5) is 14.0. The highest BCUT2D eigenvalue weighted by molar-refractivity contribution is 5.76. The topological polar surface area (TPSA) is 105 Å². The number of guanidine groups is 1. The standard InChI is InChI=1S/C7H14F2N4O2/c1-13(9)7(8,5(14)15)3-2-4-12-6(10)11/h2-4H2,1H3,(H,14,15)(H4,10,11,12)/t7-/m0/s1. The fourth-order valence-electron chi connectivity index (χ4n) is 0.914. The van der Waals surface area contributed by atoms with E-state index in [1.807, 2.05) is 0 Å². The second kappa shape index (κ2) is 5.44. The predicted octanol–water partition coefficient (Wildman–Crippen LogP) is -0.393. The molecule has 5 N–H and O–H groups in total. The van der Waals surface area contributed by atoms with Crippen molar-refractivity contribution in [2.45, 2.75) is 18.6 Å². The fourth-order valence-corrected chi connectivity index (χ4v) is 0.914. The van der Waals surface area contributed by atoms with Gasteiger partial charge in [-0.1, -0.05) is 0 Å². The van der Waals surface area contributed by atoms with E-state index >= 15 is 0 Å². The Kier molecular flexibility index (Phi) is 4.92. The number of aliphatic carboxylic acids is 1. The number of aliphatic imine (C=N–C) groups is 1. The number of carboxylic acid groups (broad SMARTS) is 1. The smallest absolute Gasteiger partial charge is 0.359 e. The van der Waals surface area contributed by atoms with Crippen LogP contribution >= 0.6 is 0 Å². The molecule has 15 heavy (non-hydrogen) atoms. The first-order valence-electron chi connectivity index (χ1n) is 4.18. The van der Waals surface area contributed by atoms with E-state index in [0.29, 0.717) is 7.05 Å². The number of rotatable bonds is 6. The van der Waals surface area contributed by atoms with Crippen molar-refractivity contribution in [2.24, 2.45) is 16.5 Å². The number of likely N-dealkylation sites (N-methyl/N-ethyl adjacent to an activating group) is 1. The molecule has 0 aliphatic rings. The SMILES string of the molecule is CN(F)[C@@](F)(CCCN=C(N)N)C(=O)O. The van der Waals surface area contributed by atoms with E-state index in [1.54, 1.807) is 0 Å². The van der Waals surface area contributed by atoms with Crippen molar-refractivity contribution < 1.29 is 18.8 Å². The Morgan fingerprint density at radius 2 is 2.13 bits per heavy atom. The Balaban J connectivity index is 4.21. The minimum absolute atomic E-state index is 0.0228. The first-order valence-corrected chi connectivity index (χ1v) is 4.18. The maximum Gasteiger partial charge on any atom is 0.359 e. The van der Waals surface area contributed by atoms with E-state index in [2.05, 4.69) is 4.99 Å². The molecule has 0 aromatic rings. The fraction of sp³-hybridized carbons (Fsp3) is 0.714. The Hall–Kier alpha value is -1.44. The molecule has 0 fully saturated rings. The molecule has 0 aliphatic carbocycles. The summed E-state index contributed by atoms with van der Waals surface area (Å²) in [5.41, 5.74) is 9.99. The van der Waals surface area contributed by atoms with Gasteiger partial charge in [-0.3, -0.25) is 4.99 Å². The largest absolute Gasteiger partial charge is 0.478 e. The van der Waals surface area contributed by atoms with Gasteiger partial charge in [-0.25, -0.2) is 9.18 Å². The Labute approximate surface area is 85.5 Å². The van der Waals surface area contributed by atoms with Crippen molar-refractivity contribution in [3.05, 3.63) is 0 Å². The molecule has 0 radical (unpaired) electrons. The van der Waals surface area contributed by atoms with Crippen LogP contribution in [0.4, 0.5) is 8.87 Å². The van der Waals surface area contributed by atoms with E-state index in [1.165, 1.54) is 0 Å². The van der Waals surface area contributed by atoms with Gasteiger partial charge in [0.15, 0.2) is 5.96 Å². The molecule has 0 spiro atoms. The van der Waals surface area contributed by atoms with Crippen molar-refractivity contribution in [1.29, 1.82) is 0 Å². The second-order valence-electron chi connectivity index (χ2n) is 2.95. The van der Waals surface area contributed by atoms with Gasteiger partial charge < -0.3 is 16.6 Å². The molecule has 0 aromatic carbocycles. The molecule has 8 heteroatoms. The number of nitrogens with zero attached hydrogens (tertiary/aromatic N) is 2. The van der Waals surface area contributed by atoms with Gasteiger partial charge in [0, 0.05) is 20.0 Å². The summed E-state index contributed by atoms with van der Waals surface area (Å²) in [6.45, 7) is 0.0507. The first kappa shape index (κ1) is 13.6. The lowest BCUT2D eigenvalue weighted by atomic mass is 10.1. The number of carbonyl (C=O) groups is 1. The number of alkyl halides is 1. The molecule has 0 saturated carbocycles. The van der Waals surface area contributed by atoms with Crippen LogP contribution in [0.15, 0.2) is 4.99 Å². The maximum absolute atomic E-state index is 13.4. The summed E-state index contributed by atoms with van der Waals surface area (Å²) < 4.78 is 26.0. The molecular weight excluding hydrogens is 210 g/mol. The molecule has 0 saturated heterocycles. The first-order chi connectivity index (χ1) is 6.80. The van der Waals surface area contributed by atoms with E-state index in [4.69, 9.17) is 16.6 Å². The lowest BCUT2D eigenvalue weighted by Gasteiger charge is -2.23. The average molecular weight is 224 g/mol. The van der Waals surface area contributed by atoms with Crippen LogP contribution < -0.4 is 11.5 Å². The molecule has 1 atom stereocenters. The predicted molar refractivity (Wildman–Crippen MR) is 50.3 cm³/mol. The molecule has 0 aromatic heterocycles. The molecule has 88 valence electrons. The van der Waals surface area contributed by atoms with Gasteiger partial charge in [-0.15, -0.1) is 9.60 Å². The van der Waals surface area contributed by atoms with Crippen molar-refractivity contribution in [2.75, 3.05) is 13.6 Å². The van der Waals surface area contributed by atoms with Crippen LogP contribution in [-0.4, -0.2) is 41.5 Å². The van der Waals surface area contributed by atoms with Gasteiger partial charge in [0.05, 0.1) is 0 Å². The van der Waals surface area contributed by atoms with Gasteiger partial charge in [0.1, 0.15) is 0 Å². The monoisotopic (exact) mass is 224 g/mol. The van der Waals surface area contributed by atoms with Crippen LogP contribution in [0.1, 0.15) is 12.8 Å². The molecule has 0 amide bonds. The molecule has 0 heterocycles. The van der Waals surface area contributed by atoms with Crippen LogP contribution in [0.5, 0.6) is 0 Å². The third-order valence-corrected chi connectivity index (χ3v) is 1.78. The zero-order valence-electron chi connectivity index (χ0n) is 8.28. The number of hydrogen-bond acceptors (Lipinski definition) is 3. The quantitative estimate of drug-likeness (QED) is 0.187. The number of halogens is 2. The van der Waals surface area contributed by atoms with E-state index in [-0.39, 0.29) is 18.9 Å². The van der Waals surface area contributed by atoms with E-state index in [0.717, 1.165) is 0 Å². The molecular formula is C7H14F2N4O2. The Bertz CT molecular complexity index is 255. The summed E-state index contributed by atoms with van der Waals surface area (Å²) in [6, 6.07) is 0. The summed E-state index contributed by atoms with van der Waals surface area (Å²) in [5.74, 6) is -5.08. The molecule has 0 rings (SSSR count). The lowest BCUT2D eigenvalue weighted by molar-refractivity contribution is -0.191. The van der Waals surface area contributed by atoms with Gasteiger partial charge in [-0.05, 0) is 6.42 Å². The van der Waals surface area contributed by atoms with Crippen molar-refractivity contribution in [1.82, 2.24) is 5.12 Å². The number of hydrogen-bond donors (Lipinski definition) is 3. The zero-order chi connectivity index (χ0) is 12.1. The lowest BCUT2D eigenvalue weighted by Crippen LogP contribution is -2.45. The summed E-state index contributed by atoms with van der Waals surface area (Å²) >= 11 is 0. The van der Waals surface area contributed by atoms with E-state index in [9.17, 15) is 13.7 Å². The van der Waals surface area contributed by atoms with E-state index < -0.39 is 23.3 Å². The summed E-state index contributed by atoms with van der Waals surface area (Å²) in [6.07, 6.45) is -0.513. The van der Waals surface area contributed by atoms with Crippen molar-refractivity contribution in [3.8, 4) is 0 Å². The van der Waals surface area contributed by atoms with Crippen LogP contribution in [-0.2, 0) is 4.79 Å². The highest BCUT2D eigenvalue weighted by atomic mass is 19.2. The van der Waals surface area contributed by atoms with Crippen LogP contribution in [0, 0.1) is 0 Å². The van der Waals surface area contributed by atoms with Crippen LogP contribution in [0.3, 0.4) is 0 Å². The zero-order valence-corrected chi connectivity index (χ0v) is 8.28. The number of nitrogens with two attached hydrogens (primary N) is 2. The molecule has 6 nitrogen and oxygen atoms in total. The van der Waals surface area contributed by atoms with Gasteiger partial charge in [-0.2, -0.15) is 0 Å². The minimum Gasteiger partial charge on any atom is -0.478 e. The van der Waals surface area contributed by atoms with Gasteiger partial charge in [0.25, 0.3) is 5.79 Å². The normalized spacial score (nSPS) is 14.7. The molecule has 0 unspecified atom stereocenters. The third kappa shape index (κ3) is 4.07. The highest BCUT2D eigenvalue weighted by Crippen LogP contribution is 2.23. The van der Waals surface area contributed by atoms with Crippen molar-refractivity contribution in [3.63, 3.8) is 0 Å². The Morgan fingerprint density at radius 1 is 1.60 bits per heavy atom. The molecule has 0 aliphatic heterocycles. The van der Waals surface area contributed by atoms with Crippen molar-refractivity contribution >= 4 is 11.9 Å². The average Bonchev–Trinajstić information content (AvgIpc) is 2.10. The van der Waals surface area contributed by atoms with Gasteiger partial charge in [0.2, 0.25) is 0 Å². The minimum atomic E-state index is -3.03. The summed E-state index contributed by atoms with van der Waals surface area (Å²) in [7, 11) is 0.703. The Morgan fingerprint density at radius 3 is 2.47 bits per heavy atom. The van der Waals surface area contributed by atoms with Gasteiger partial charge >= 0.3 is 5.97 Å². The highest BCUT2D eigenvalue weighted by Gasteiger charge is 2.43.